The molecule has 1 aliphatic carbocycles. The molecule has 0 spiro atoms. The Morgan fingerprint density at radius 3 is 2.68 bits per heavy atom. The van der Waals surface area contributed by atoms with Crippen LogP contribution in [0.4, 0.5) is 0 Å². The number of carboxylic acids is 1. The van der Waals surface area contributed by atoms with Crippen molar-refractivity contribution in [3.63, 3.8) is 0 Å². The molecule has 104 valence electrons. The van der Waals surface area contributed by atoms with Crippen LogP contribution in [0, 0.1) is 0 Å². The van der Waals surface area contributed by atoms with Gasteiger partial charge in [0.15, 0.2) is 0 Å². The second kappa shape index (κ2) is 6.16. The van der Waals surface area contributed by atoms with Gasteiger partial charge < -0.3 is 10.8 Å². The maximum atomic E-state index is 11.2. The molecular formula is C13H18N2O3S. The fraction of sp³-hybridized carbons (Fsp3) is 0.538. The lowest BCUT2D eigenvalue weighted by atomic mass is 10.1. The smallest absolute Gasteiger partial charge is 0.346 e. The normalized spacial score (nSPS) is 16.1. The Labute approximate surface area is 116 Å². The van der Waals surface area contributed by atoms with Crippen LogP contribution >= 0.6 is 11.3 Å². The van der Waals surface area contributed by atoms with Gasteiger partial charge in [-0.05, 0) is 29.9 Å². The minimum Gasteiger partial charge on any atom is -0.477 e. The first-order valence-electron chi connectivity index (χ1n) is 6.40. The average Bonchev–Trinajstić information content (AvgIpc) is 2.98. The van der Waals surface area contributed by atoms with E-state index in [4.69, 9.17) is 10.8 Å². The van der Waals surface area contributed by atoms with Crippen molar-refractivity contribution >= 4 is 23.2 Å². The van der Waals surface area contributed by atoms with Gasteiger partial charge >= 0.3 is 5.97 Å². The zero-order chi connectivity index (χ0) is 13.8. The van der Waals surface area contributed by atoms with Gasteiger partial charge in [-0.2, -0.15) is 0 Å². The molecule has 5 nitrogen and oxygen atoms in total. The van der Waals surface area contributed by atoms with Crippen molar-refractivity contribution in [1.82, 2.24) is 4.90 Å². The average molecular weight is 282 g/mol. The van der Waals surface area contributed by atoms with Crippen LogP contribution < -0.4 is 5.73 Å². The SMILES string of the molecule is NC(=O)CN(Cc1ccsc1C(=O)O)C1CCCC1. The van der Waals surface area contributed by atoms with Crippen LogP contribution in [-0.2, 0) is 11.3 Å². The second-order valence-corrected chi connectivity index (χ2v) is 5.81. The lowest BCUT2D eigenvalue weighted by Crippen LogP contribution is -2.39. The van der Waals surface area contributed by atoms with Crippen LogP contribution in [0.25, 0.3) is 0 Å². The van der Waals surface area contributed by atoms with Crippen molar-refractivity contribution in [1.29, 1.82) is 0 Å². The molecule has 1 fully saturated rings. The van der Waals surface area contributed by atoms with Crippen molar-refractivity contribution in [2.75, 3.05) is 6.54 Å². The zero-order valence-corrected chi connectivity index (χ0v) is 11.5. The molecule has 19 heavy (non-hydrogen) atoms. The molecule has 1 saturated carbocycles. The summed E-state index contributed by atoms with van der Waals surface area (Å²) in [6, 6.07) is 2.16. The number of aromatic carboxylic acids is 1. The van der Waals surface area contributed by atoms with E-state index in [0.29, 0.717) is 17.5 Å². The summed E-state index contributed by atoms with van der Waals surface area (Å²) in [5.74, 6) is -1.27. The summed E-state index contributed by atoms with van der Waals surface area (Å²) in [5, 5.41) is 10.9. The number of carboxylic acid groups (broad SMARTS) is 1. The van der Waals surface area contributed by atoms with Crippen LogP contribution in [0.15, 0.2) is 11.4 Å². The summed E-state index contributed by atoms with van der Waals surface area (Å²) in [7, 11) is 0. The van der Waals surface area contributed by atoms with E-state index in [-0.39, 0.29) is 12.5 Å². The van der Waals surface area contributed by atoms with Crippen LogP contribution in [0.5, 0.6) is 0 Å². The predicted octanol–water partition coefficient (Wildman–Crippen LogP) is 1.68. The molecule has 6 heteroatoms. The number of nitrogens with two attached hydrogens (primary N) is 1. The van der Waals surface area contributed by atoms with Gasteiger partial charge in [-0.25, -0.2) is 4.79 Å². The third-order valence-corrected chi connectivity index (χ3v) is 4.46. The van der Waals surface area contributed by atoms with Crippen LogP contribution in [-0.4, -0.2) is 34.5 Å². The van der Waals surface area contributed by atoms with Gasteiger partial charge in [-0.3, -0.25) is 9.69 Å². The lowest BCUT2D eigenvalue weighted by Gasteiger charge is -2.27. The number of carbonyl (C=O) groups excluding carboxylic acids is 1. The van der Waals surface area contributed by atoms with E-state index >= 15 is 0 Å². The fourth-order valence-corrected chi connectivity index (χ4v) is 3.40. The minimum atomic E-state index is -0.907. The van der Waals surface area contributed by atoms with Crippen molar-refractivity contribution in [3.8, 4) is 0 Å². The Balaban J connectivity index is 2.12. The first-order valence-corrected chi connectivity index (χ1v) is 7.28. The molecule has 0 saturated heterocycles. The summed E-state index contributed by atoms with van der Waals surface area (Å²) in [5.41, 5.74) is 6.06. The molecule has 0 aliphatic heterocycles. The first-order chi connectivity index (χ1) is 9.08. The molecule has 3 N–H and O–H groups in total. The molecule has 1 aliphatic rings. The summed E-state index contributed by atoms with van der Waals surface area (Å²) in [6.07, 6.45) is 4.43. The highest BCUT2D eigenvalue weighted by molar-refractivity contribution is 7.12. The highest BCUT2D eigenvalue weighted by Gasteiger charge is 2.25. The molecule has 2 rings (SSSR count). The zero-order valence-electron chi connectivity index (χ0n) is 10.7. The quantitative estimate of drug-likeness (QED) is 0.831. The highest BCUT2D eigenvalue weighted by Crippen LogP contribution is 2.26. The van der Waals surface area contributed by atoms with E-state index in [1.54, 1.807) is 5.38 Å². The summed E-state index contributed by atoms with van der Waals surface area (Å²) in [4.78, 5) is 24.7. The van der Waals surface area contributed by atoms with E-state index in [0.717, 1.165) is 31.2 Å². The number of amides is 1. The molecule has 1 heterocycles. The summed E-state index contributed by atoms with van der Waals surface area (Å²) in [6.45, 7) is 0.679. The molecule has 1 aromatic rings. The standard InChI is InChI=1S/C13H18N2O3S/c14-11(16)8-15(10-3-1-2-4-10)7-9-5-6-19-12(9)13(17)18/h5-6,10H,1-4,7-8H2,(H2,14,16)(H,17,18). The lowest BCUT2D eigenvalue weighted by molar-refractivity contribution is -0.119. The van der Waals surface area contributed by atoms with Crippen molar-refractivity contribution in [2.45, 2.75) is 38.3 Å². The Hall–Kier alpha value is -1.40. The van der Waals surface area contributed by atoms with Crippen LogP contribution in [0.2, 0.25) is 0 Å². The number of hydrogen-bond donors (Lipinski definition) is 2. The molecule has 0 bridgehead atoms. The number of nitrogens with zero attached hydrogens (tertiary/aromatic N) is 1. The monoisotopic (exact) mass is 282 g/mol. The number of thiophene rings is 1. The Morgan fingerprint density at radius 1 is 1.42 bits per heavy atom. The molecular weight excluding hydrogens is 264 g/mol. The third-order valence-electron chi connectivity index (χ3n) is 3.51. The van der Waals surface area contributed by atoms with Gasteiger partial charge in [0.1, 0.15) is 4.88 Å². The largest absolute Gasteiger partial charge is 0.477 e. The van der Waals surface area contributed by atoms with E-state index in [1.165, 1.54) is 11.3 Å². The molecule has 0 aromatic carbocycles. The first kappa shape index (κ1) is 14.0. The van der Waals surface area contributed by atoms with E-state index < -0.39 is 5.97 Å². The van der Waals surface area contributed by atoms with E-state index in [9.17, 15) is 9.59 Å². The van der Waals surface area contributed by atoms with Gasteiger partial charge in [0.05, 0.1) is 6.54 Å². The summed E-state index contributed by atoms with van der Waals surface area (Å²) < 4.78 is 0. The maximum absolute atomic E-state index is 11.2. The molecule has 1 amide bonds. The van der Waals surface area contributed by atoms with Crippen molar-refractivity contribution < 1.29 is 14.7 Å². The van der Waals surface area contributed by atoms with Crippen LogP contribution in [0.3, 0.4) is 0 Å². The number of rotatable bonds is 6. The minimum absolute atomic E-state index is 0.194. The summed E-state index contributed by atoms with van der Waals surface area (Å²) >= 11 is 1.22. The molecule has 0 radical (unpaired) electrons. The maximum Gasteiger partial charge on any atom is 0.346 e. The predicted molar refractivity (Wildman–Crippen MR) is 73.1 cm³/mol. The van der Waals surface area contributed by atoms with Crippen LogP contribution in [0.1, 0.15) is 40.9 Å². The van der Waals surface area contributed by atoms with Gasteiger partial charge in [0.25, 0.3) is 0 Å². The van der Waals surface area contributed by atoms with Gasteiger partial charge in [-0.1, -0.05) is 12.8 Å². The Kier molecular flexibility index (Phi) is 4.55. The van der Waals surface area contributed by atoms with Gasteiger partial charge in [-0.15, -0.1) is 11.3 Å². The second-order valence-electron chi connectivity index (χ2n) is 4.89. The third kappa shape index (κ3) is 3.54. The van der Waals surface area contributed by atoms with Crippen molar-refractivity contribution in [3.05, 3.63) is 21.9 Å². The van der Waals surface area contributed by atoms with E-state index in [1.807, 2.05) is 11.0 Å². The van der Waals surface area contributed by atoms with Crippen molar-refractivity contribution in [2.24, 2.45) is 5.73 Å². The van der Waals surface area contributed by atoms with Gasteiger partial charge in [0.2, 0.25) is 5.91 Å². The number of primary amides is 1. The number of hydrogen-bond acceptors (Lipinski definition) is 4. The fourth-order valence-electron chi connectivity index (χ4n) is 2.65. The highest BCUT2D eigenvalue weighted by atomic mass is 32.1. The molecule has 1 aromatic heterocycles. The molecule has 0 atom stereocenters. The Bertz CT molecular complexity index is 466. The van der Waals surface area contributed by atoms with E-state index in [2.05, 4.69) is 0 Å². The topological polar surface area (TPSA) is 83.6 Å². The Morgan fingerprint density at radius 2 is 2.11 bits per heavy atom. The molecule has 0 unspecified atom stereocenters. The van der Waals surface area contributed by atoms with Gasteiger partial charge in [0, 0.05) is 12.6 Å². The number of carbonyl (C=O) groups is 2.